The molecule has 0 radical (unpaired) electrons. The minimum atomic E-state index is -4.87. The lowest BCUT2D eigenvalue weighted by Gasteiger charge is -2.25. The number of para-hydroxylation sites is 1. The summed E-state index contributed by atoms with van der Waals surface area (Å²) < 4.78 is 55.1. The number of carbonyl (C=O) groups excluding carboxylic acids is 3. The van der Waals surface area contributed by atoms with Crippen molar-refractivity contribution in [3.8, 4) is 0 Å². The number of fused-ring (bicyclic) bond motifs is 1. The first-order chi connectivity index (χ1) is 16.1. The van der Waals surface area contributed by atoms with Crippen molar-refractivity contribution in [1.29, 1.82) is 0 Å². The smallest absolute Gasteiger partial charge is 0.326 e. The molecule has 1 heterocycles. The number of halogens is 4. The van der Waals surface area contributed by atoms with Crippen LogP contribution in [-0.2, 0) is 15.8 Å². The van der Waals surface area contributed by atoms with Crippen LogP contribution in [0.1, 0.15) is 33.8 Å². The number of benzene rings is 3. The van der Waals surface area contributed by atoms with E-state index < -0.39 is 46.9 Å². The maximum absolute atomic E-state index is 13.8. The van der Waals surface area contributed by atoms with Gasteiger partial charge in [-0.2, -0.15) is 13.2 Å². The first kappa shape index (κ1) is 23.0. The third-order valence-electron chi connectivity index (χ3n) is 5.28. The third kappa shape index (κ3) is 4.75. The SMILES string of the molecule is O=C1CC(C(=O)Nc2ccc(NC(=O)c3ccccc3F)cc2C(F)(F)F)c2ccccc2N1. The van der Waals surface area contributed by atoms with E-state index in [0.29, 0.717) is 17.3 Å². The van der Waals surface area contributed by atoms with Crippen molar-refractivity contribution in [3.63, 3.8) is 0 Å². The summed E-state index contributed by atoms with van der Waals surface area (Å²) in [7, 11) is 0. The molecule has 0 aliphatic carbocycles. The fourth-order valence-electron chi connectivity index (χ4n) is 3.67. The molecule has 1 atom stereocenters. The Morgan fingerprint density at radius 3 is 2.38 bits per heavy atom. The predicted octanol–water partition coefficient (Wildman–Crippen LogP) is 5.16. The highest BCUT2D eigenvalue weighted by molar-refractivity contribution is 6.06. The van der Waals surface area contributed by atoms with Crippen molar-refractivity contribution < 1.29 is 31.9 Å². The normalized spacial score (nSPS) is 15.2. The van der Waals surface area contributed by atoms with Crippen LogP contribution in [-0.4, -0.2) is 17.7 Å². The Labute approximate surface area is 191 Å². The number of hydrogen-bond donors (Lipinski definition) is 3. The van der Waals surface area contributed by atoms with Gasteiger partial charge in [0.2, 0.25) is 11.8 Å². The molecule has 1 unspecified atom stereocenters. The number of anilines is 3. The molecule has 34 heavy (non-hydrogen) atoms. The molecule has 0 fully saturated rings. The Morgan fingerprint density at radius 1 is 0.941 bits per heavy atom. The molecule has 3 aromatic carbocycles. The zero-order chi connectivity index (χ0) is 24.5. The topological polar surface area (TPSA) is 87.3 Å². The van der Waals surface area contributed by atoms with Gasteiger partial charge in [0, 0.05) is 17.8 Å². The summed E-state index contributed by atoms with van der Waals surface area (Å²) in [6.45, 7) is 0. The maximum atomic E-state index is 13.8. The number of rotatable bonds is 4. The van der Waals surface area contributed by atoms with Crippen LogP contribution in [0.15, 0.2) is 66.7 Å². The quantitative estimate of drug-likeness (QED) is 0.460. The van der Waals surface area contributed by atoms with Gasteiger partial charge in [0.15, 0.2) is 0 Å². The lowest BCUT2D eigenvalue weighted by molar-refractivity contribution is -0.137. The summed E-state index contributed by atoms with van der Waals surface area (Å²) >= 11 is 0. The molecule has 0 spiro atoms. The van der Waals surface area contributed by atoms with Crippen LogP contribution in [0.2, 0.25) is 0 Å². The minimum Gasteiger partial charge on any atom is -0.326 e. The van der Waals surface area contributed by atoms with Crippen molar-refractivity contribution in [1.82, 2.24) is 0 Å². The summed E-state index contributed by atoms with van der Waals surface area (Å²) in [4.78, 5) is 37.1. The van der Waals surface area contributed by atoms with Gasteiger partial charge in [-0.3, -0.25) is 14.4 Å². The van der Waals surface area contributed by atoms with Gasteiger partial charge in [0.05, 0.1) is 22.7 Å². The van der Waals surface area contributed by atoms with E-state index in [0.717, 1.165) is 18.2 Å². The molecule has 1 aliphatic heterocycles. The van der Waals surface area contributed by atoms with Crippen molar-refractivity contribution in [2.24, 2.45) is 0 Å². The lowest BCUT2D eigenvalue weighted by atomic mass is 9.89. The van der Waals surface area contributed by atoms with Gasteiger partial charge in [0.1, 0.15) is 5.82 Å². The van der Waals surface area contributed by atoms with Gasteiger partial charge < -0.3 is 16.0 Å². The van der Waals surface area contributed by atoms with Crippen LogP contribution in [0.25, 0.3) is 0 Å². The van der Waals surface area contributed by atoms with E-state index in [4.69, 9.17) is 0 Å². The largest absolute Gasteiger partial charge is 0.418 e. The van der Waals surface area contributed by atoms with E-state index in [1.807, 2.05) is 0 Å². The minimum absolute atomic E-state index is 0.221. The molecule has 0 saturated carbocycles. The Hall–Kier alpha value is -4.21. The number of alkyl halides is 3. The molecule has 174 valence electrons. The van der Waals surface area contributed by atoms with E-state index in [1.165, 1.54) is 18.2 Å². The third-order valence-corrected chi connectivity index (χ3v) is 5.28. The molecule has 4 rings (SSSR count). The molecule has 0 aromatic heterocycles. The van der Waals surface area contributed by atoms with Gasteiger partial charge in [0.25, 0.3) is 5.91 Å². The van der Waals surface area contributed by atoms with Crippen LogP contribution >= 0.6 is 0 Å². The zero-order valence-electron chi connectivity index (χ0n) is 17.4. The maximum Gasteiger partial charge on any atom is 0.418 e. The van der Waals surface area contributed by atoms with Crippen molar-refractivity contribution >= 4 is 34.8 Å². The molecule has 3 N–H and O–H groups in total. The lowest BCUT2D eigenvalue weighted by Crippen LogP contribution is -2.31. The molecule has 3 aromatic rings. The molecule has 6 nitrogen and oxygen atoms in total. The Bertz CT molecular complexity index is 1290. The number of amides is 3. The highest BCUT2D eigenvalue weighted by Crippen LogP contribution is 2.38. The van der Waals surface area contributed by atoms with E-state index in [2.05, 4.69) is 16.0 Å². The highest BCUT2D eigenvalue weighted by atomic mass is 19.4. The van der Waals surface area contributed by atoms with Gasteiger partial charge >= 0.3 is 6.18 Å². The molecule has 0 bridgehead atoms. The zero-order valence-corrected chi connectivity index (χ0v) is 17.4. The number of nitrogens with one attached hydrogen (secondary N) is 3. The van der Waals surface area contributed by atoms with Gasteiger partial charge in [-0.05, 0) is 42.0 Å². The van der Waals surface area contributed by atoms with Crippen LogP contribution in [0, 0.1) is 5.82 Å². The Kier molecular flexibility index (Phi) is 6.06. The van der Waals surface area contributed by atoms with Crippen molar-refractivity contribution in [2.45, 2.75) is 18.5 Å². The predicted molar refractivity (Wildman–Crippen MR) is 117 cm³/mol. The Balaban J connectivity index is 1.60. The fourth-order valence-corrected chi connectivity index (χ4v) is 3.67. The summed E-state index contributed by atoms with van der Waals surface area (Å²) in [6, 6.07) is 14.4. The molecule has 1 aliphatic rings. The van der Waals surface area contributed by atoms with E-state index in [9.17, 15) is 31.9 Å². The second-order valence-corrected chi connectivity index (χ2v) is 7.57. The van der Waals surface area contributed by atoms with Crippen LogP contribution in [0.3, 0.4) is 0 Å². The molecular formula is C24H17F4N3O3. The second-order valence-electron chi connectivity index (χ2n) is 7.57. The number of hydrogen-bond acceptors (Lipinski definition) is 3. The van der Waals surface area contributed by atoms with Gasteiger partial charge in [-0.15, -0.1) is 0 Å². The second kappa shape index (κ2) is 8.97. The van der Waals surface area contributed by atoms with Crippen LogP contribution in [0.5, 0.6) is 0 Å². The summed E-state index contributed by atoms with van der Waals surface area (Å²) in [5.41, 5.74) is -1.41. The highest BCUT2D eigenvalue weighted by Gasteiger charge is 2.36. The van der Waals surface area contributed by atoms with E-state index in [-0.39, 0.29) is 17.7 Å². The van der Waals surface area contributed by atoms with Crippen molar-refractivity contribution in [2.75, 3.05) is 16.0 Å². The average Bonchev–Trinajstić information content (AvgIpc) is 2.79. The summed E-state index contributed by atoms with van der Waals surface area (Å²) in [5.74, 6) is -3.94. The first-order valence-corrected chi connectivity index (χ1v) is 10.1. The van der Waals surface area contributed by atoms with Crippen molar-refractivity contribution in [3.05, 3.63) is 89.2 Å². The van der Waals surface area contributed by atoms with Gasteiger partial charge in [-0.25, -0.2) is 4.39 Å². The standard InChI is InChI=1S/C24H17F4N3O3/c25-18-7-3-1-6-15(18)22(33)29-13-9-10-20(17(11-13)24(26,27)28)31-23(34)16-12-21(32)30-19-8-4-2-5-14(16)19/h1-11,16H,12H2,(H,29,33)(H,30,32)(H,31,34). The number of carbonyl (C=O) groups is 3. The van der Waals surface area contributed by atoms with E-state index in [1.54, 1.807) is 24.3 Å². The molecule has 3 amide bonds. The van der Waals surface area contributed by atoms with E-state index >= 15 is 0 Å². The fraction of sp³-hybridized carbons (Fsp3) is 0.125. The summed E-state index contributed by atoms with van der Waals surface area (Å²) in [6.07, 6.45) is -5.09. The average molecular weight is 471 g/mol. The van der Waals surface area contributed by atoms with Crippen LogP contribution < -0.4 is 16.0 Å². The summed E-state index contributed by atoms with van der Waals surface area (Å²) in [5, 5.41) is 7.11. The van der Waals surface area contributed by atoms with Gasteiger partial charge in [-0.1, -0.05) is 30.3 Å². The molecule has 10 heteroatoms. The van der Waals surface area contributed by atoms with Crippen LogP contribution in [0.4, 0.5) is 34.6 Å². The molecular weight excluding hydrogens is 454 g/mol. The first-order valence-electron chi connectivity index (χ1n) is 10.1. The molecule has 0 saturated heterocycles. The Morgan fingerprint density at radius 2 is 1.65 bits per heavy atom. The monoisotopic (exact) mass is 471 g/mol.